The quantitative estimate of drug-likeness (QED) is 0.716. The van der Waals surface area contributed by atoms with E-state index in [2.05, 4.69) is 10.2 Å². The molecular weight excluding hydrogens is 211 g/mol. The van der Waals surface area contributed by atoms with Crippen LogP contribution in [0.25, 0.3) is 0 Å². The molecule has 1 rings (SSSR count). The van der Waals surface area contributed by atoms with E-state index in [1.807, 2.05) is 0 Å². The molecule has 1 aromatic heterocycles. The third-order valence-corrected chi connectivity index (χ3v) is 2.17. The molecule has 0 saturated carbocycles. The molecule has 0 bridgehead atoms. The molecule has 3 nitrogen and oxygen atoms in total. The lowest BCUT2D eigenvalue weighted by Crippen LogP contribution is -2.20. The number of halogens is 2. The molecule has 0 atom stereocenters. The van der Waals surface area contributed by atoms with Crippen LogP contribution in [0.1, 0.15) is 19.4 Å². The number of nitrogens with zero attached hydrogens (tertiary/aromatic N) is 2. The topological polar surface area (TPSA) is 42.9 Å². The van der Waals surface area contributed by atoms with Crippen molar-refractivity contribution in [3.8, 4) is 0 Å². The molecule has 0 N–H and O–H groups in total. The second-order valence-corrected chi connectivity index (χ2v) is 3.96. The molecule has 0 fully saturated rings. The summed E-state index contributed by atoms with van der Waals surface area (Å²) in [7, 11) is 0. The predicted octanol–water partition coefficient (Wildman–Crippen LogP) is 2.26. The first-order chi connectivity index (χ1) is 5.97. The predicted molar refractivity (Wildman–Crippen MR) is 51.1 cm³/mol. The van der Waals surface area contributed by atoms with Gasteiger partial charge in [0.05, 0.1) is 0 Å². The second kappa shape index (κ2) is 3.60. The van der Waals surface area contributed by atoms with Gasteiger partial charge in [-0.3, -0.25) is 0 Å². The molecule has 1 heterocycles. The molecule has 0 amide bonds. The molecule has 5 heteroatoms. The molecular formula is C8H8Cl2N2O. The van der Waals surface area contributed by atoms with E-state index in [-0.39, 0.29) is 10.3 Å². The van der Waals surface area contributed by atoms with Gasteiger partial charge in [-0.25, -0.2) is 0 Å². The Balaban J connectivity index is 3.28. The lowest BCUT2D eigenvalue weighted by atomic mass is 9.88. The molecule has 0 aliphatic heterocycles. The van der Waals surface area contributed by atoms with E-state index in [4.69, 9.17) is 23.2 Å². The van der Waals surface area contributed by atoms with Gasteiger partial charge in [0, 0.05) is 11.0 Å². The van der Waals surface area contributed by atoms with Crippen molar-refractivity contribution in [3.05, 3.63) is 21.9 Å². The lowest BCUT2D eigenvalue weighted by molar-refractivity contribution is -0.111. The van der Waals surface area contributed by atoms with E-state index in [0.29, 0.717) is 5.56 Å². The summed E-state index contributed by atoms with van der Waals surface area (Å²) in [5.41, 5.74) is -0.0967. The van der Waals surface area contributed by atoms with E-state index in [0.717, 1.165) is 6.29 Å². The van der Waals surface area contributed by atoms with Crippen LogP contribution in [-0.2, 0) is 10.2 Å². The van der Waals surface area contributed by atoms with Gasteiger partial charge in [0.1, 0.15) is 6.29 Å². The van der Waals surface area contributed by atoms with Gasteiger partial charge in [-0.15, -0.1) is 10.2 Å². The number of carbonyl (C=O) groups excluding carboxylic acids is 1. The van der Waals surface area contributed by atoms with Crippen molar-refractivity contribution in [1.82, 2.24) is 10.2 Å². The zero-order valence-corrected chi connectivity index (χ0v) is 8.73. The summed E-state index contributed by atoms with van der Waals surface area (Å²) >= 11 is 11.4. The minimum absolute atomic E-state index is 0.210. The van der Waals surface area contributed by atoms with Crippen molar-refractivity contribution in [2.75, 3.05) is 0 Å². The molecule has 0 saturated heterocycles. The molecule has 70 valence electrons. The van der Waals surface area contributed by atoms with E-state index >= 15 is 0 Å². The fourth-order valence-electron chi connectivity index (χ4n) is 0.868. The smallest absolute Gasteiger partial charge is 0.155 e. The highest BCUT2D eigenvalue weighted by Gasteiger charge is 2.24. The minimum atomic E-state index is -0.684. The number of carbonyl (C=O) groups is 1. The van der Waals surface area contributed by atoms with Crippen LogP contribution in [0, 0.1) is 0 Å². The summed E-state index contributed by atoms with van der Waals surface area (Å²) in [5, 5.41) is 7.61. The van der Waals surface area contributed by atoms with Crippen molar-refractivity contribution in [1.29, 1.82) is 0 Å². The fraction of sp³-hybridized carbons (Fsp3) is 0.375. The third kappa shape index (κ3) is 2.17. The van der Waals surface area contributed by atoms with Crippen molar-refractivity contribution >= 4 is 29.5 Å². The average Bonchev–Trinajstić information content (AvgIpc) is 2.09. The van der Waals surface area contributed by atoms with Crippen LogP contribution in [0.4, 0.5) is 0 Å². The Bertz CT molecular complexity index is 339. The molecule has 0 aliphatic rings. The first-order valence-corrected chi connectivity index (χ1v) is 4.38. The standard InChI is InChI=1S/C8H8Cl2N2O/c1-8(2,4-13)5-3-6(9)11-12-7(5)10/h3-4H,1-2H3. The largest absolute Gasteiger partial charge is 0.302 e. The van der Waals surface area contributed by atoms with Gasteiger partial charge < -0.3 is 4.79 Å². The van der Waals surface area contributed by atoms with Gasteiger partial charge in [0.15, 0.2) is 10.3 Å². The highest BCUT2D eigenvalue weighted by molar-refractivity contribution is 6.32. The highest BCUT2D eigenvalue weighted by Crippen LogP contribution is 2.27. The normalized spacial score (nSPS) is 11.4. The van der Waals surface area contributed by atoms with Crippen molar-refractivity contribution < 1.29 is 4.79 Å². The van der Waals surface area contributed by atoms with Crippen LogP contribution in [0.3, 0.4) is 0 Å². The first kappa shape index (κ1) is 10.4. The SMILES string of the molecule is CC(C)(C=O)c1cc(Cl)nnc1Cl. The fourth-order valence-corrected chi connectivity index (χ4v) is 1.35. The Morgan fingerprint density at radius 3 is 2.54 bits per heavy atom. The summed E-state index contributed by atoms with van der Waals surface area (Å²) in [6.07, 6.45) is 0.798. The molecule has 0 aromatic carbocycles. The Hall–Kier alpha value is -0.670. The van der Waals surface area contributed by atoms with Crippen LogP contribution < -0.4 is 0 Å². The molecule has 0 radical (unpaired) electrons. The van der Waals surface area contributed by atoms with Gasteiger partial charge in [0.2, 0.25) is 0 Å². The van der Waals surface area contributed by atoms with Crippen molar-refractivity contribution in [3.63, 3.8) is 0 Å². The molecule has 1 aromatic rings. The monoisotopic (exact) mass is 218 g/mol. The summed E-state index contributed by atoms with van der Waals surface area (Å²) in [6.45, 7) is 3.47. The van der Waals surface area contributed by atoms with Crippen LogP contribution in [0.2, 0.25) is 10.3 Å². The Morgan fingerprint density at radius 1 is 1.38 bits per heavy atom. The van der Waals surface area contributed by atoms with Crippen LogP contribution >= 0.6 is 23.2 Å². The summed E-state index contributed by atoms with van der Waals surface area (Å²) in [4.78, 5) is 10.7. The van der Waals surface area contributed by atoms with E-state index in [1.54, 1.807) is 19.9 Å². The van der Waals surface area contributed by atoms with Crippen LogP contribution in [0.5, 0.6) is 0 Å². The maximum Gasteiger partial charge on any atom is 0.155 e. The second-order valence-electron chi connectivity index (χ2n) is 3.21. The lowest BCUT2D eigenvalue weighted by Gasteiger charge is -2.17. The summed E-state index contributed by atoms with van der Waals surface area (Å²) < 4.78 is 0. The Labute approximate surface area is 86.1 Å². The third-order valence-electron chi connectivity index (χ3n) is 1.71. The van der Waals surface area contributed by atoms with Gasteiger partial charge in [-0.1, -0.05) is 23.2 Å². The van der Waals surface area contributed by atoms with Gasteiger partial charge in [-0.2, -0.15) is 0 Å². The zero-order chi connectivity index (χ0) is 10.1. The maximum absolute atomic E-state index is 10.7. The van der Waals surface area contributed by atoms with Crippen molar-refractivity contribution in [2.45, 2.75) is 19.3 Å². The highest BCUT2D eigenvalue weighted by atomic mass is 35.5. The van der Waals surface area contributed by atoms with Gasteiger partial charge >= 0.3 is 0 Å². The van der Waals surface area contributed by atoms with E-state index in [1.165, 1.54) is 0 Å². The number of aromatic nitrogens is 2. The minimum Gasteiger partial charge on any atom is -0.302 e. The maximum atomic E-state index is 10.7. The molecule has 0 unspecified atom stereocenters. The van der Waals surface area contributed by atoms with Crippen LogP contribution in [-0.4, -0.2) is 16.5 Å². The molecule has 0 aliphatic carbocycles. The number of rotatable bonds is 2. The summed E-state index contributed by atoms with van der Waals surface area (Å²) in [5.74, 6) is 0. The number of aldehydes is 1. The number of hydrogen-bond acceptors (Lipinski definition) is 3. The molecule has 0 spiro atoms. The van der Waals surface area contributed by atoms with Crippen molar-refractivity contribution in [2.24, 2.45) is 0 Å². The first-order valence-electron chi connectivity index (χ1n) is 3.63. The Morgan fingerprint density at radius 2 is 2.00 bits per heavy atom. The summed E-state index contributed by atoms with van der Waals surface area (Å²) in [6, 6.07) is 1.55. The van der Waals surface area contributed by atoms with Gasteiger partial charge in [-0.05, 0) is 19.9 Å². The van der Waals surface area contributed by atoms with Crippen LogP contribution in [0.15, 0.2) is 6.07 Å². The zero-order valence-electron chi connectivity index (χ0n) is 7.21. The Kier molecular flexibility index (Phi) is 2.88. The van der Waals surface area contributed by atoms with Gasteiger partial charge in [0.25, 0.3) is 0 Å². The van der Waals surface area contributed by atoms with E-state index < -0.39 is 5.41 Å². The van der Waals surface area contributed by atoms with E-state index in [9.17, 15) is 4.79 Å². The number of hydrogen-bond donors (Lipinski definition) is 0. The average molecular weight is 219 g/mol. The molecule has 13 heavy (non-hydrogen) atoms.